The van der Waals surface area contributed by atoms with Crippen LogP contribution in [0.5, 0.6) is 5.88 Å². The molecule has 4 heterocycles. The molecule has 5 rings (SSSR count). The van der Waals surface area contributed by atoms with Gasteiger partial charge in [-0.15, -0.1) is 0 Å². The number of carbonyl (C=O) groups excluding carboxylic acids is 1. The van der Waals surface area contributed by atoms with Crippen LogP contribution in [0.25, 0.3) is 21.7 Å². The molecule has 1 fully saturated rings. The number of nitrogens with one attached hydrogen (secondary N) is 1. The van der Waals surface area contributed by atoms with Crippen LogP contribution in [0, 0.1) is 0 Å². The third-order valence-electron chi connectivity index (χ3n) is 6.80. The molecule has 0 atom stereocenters. The van der Waals surface area contributed by atoms with Gasteiger partial charge in [0.1, 0.15) is 23.4 Å². The van der Waals surface area contributed by atoms with Gasteiger partial charge in [-0.2, -0.15) is 4.98 Å². The van der Waals surface area contributed by atoms with E-state index < -0.39 is 11.7 Å². The van der Waals surface area contributed by atoms with E-state index in [4.69, 9.17) is 14.5 Å². The second-order valence-corrected chi connectivity index (χ2v) is 13.5. The summed E-state index contributed by atoms with van der Waals surface area (Å²) < 4.78 is 12.9. The Labute approximate surface area is 223 Å². The Morgan fingerprint density at radius 3 is 2.59 bits per heavy atom. The quantitative estimate of drug-likeness (QED) is 0.445. The van der Waals surface area contributed by atoms with E-state index in [1.807, 2.05) is 26.8 Å². The van der Waals surface area contributed by atoms with Gasteiger partial charge in [0.05, 0.1) is 5.69 Å². The summed E-state index contributed by atoms with van der Waals surface area (Å²) in [6.45, 7) is 15.1. The molecule has 0 spiro atoms. The van der Waals surface area contributed by atoms with E-state index in [1.165, 1.54) is 10.9 Å². The molecule has 2 aromatic heterocycles. The summed E-state index contributed by atoms with van der Waals surface area (Å²) >= 11 is 1.68. The third kappa shape index (κ3) is 5.38. The maximum absolute atomic E-state index is 12.4. The van der Waals surface area contributed by atoms with Gasteiger partial charge in [-0.3, -0.25) is 0 Å². The number of hydrogen-bond donors (Lipinski definition) is 1. The average molecular weight is 524 g/mol. The van der Waals surface area contributed by atoms with E-state index in [9.17, 15) is 4.79 Å². The summed E-state index contributed by atoms with van der Waals surface area (Å²) in [5.41, 5.74) is 3.42. The summed E-state index contributed by atoms with van der Waals surface area (Å²) in [6, 6.07) is 6.62. The molecule has 1 saturated heterocycles. The van der Waals surface area contributed by atoms with E-state index in [-0.39, 0.29) is 11.1 Å². The minimum absolute atomic E-state index is 0.0630. The first-order chi connectivity index (χ1) is 17.2. The molecule has 0 unspecified atom stereocenters. The predicted octanol–water partition coefficient (Wildman–Crippen LogP) is 6.09. The van der Waals surface area contributed by atoms with Crippen molar-refractivity contribution < 1.29 is 14.3 Å². The minimum Gasteiger partial charge on any atom is -0.472 e. The largest absolute Gasteiger partial charge is 0.472 e. The molecule has 2 aliphatic rings. The number of hydrogen-bond acceptors (Lipinski definition) is 8. The topological polar surface area (TPSA) is 81.5 Å². The summed E-state index contributed by atoms with van der Waals surface area (Å²) in [6.07, 6.45) is 4.85. The molecular formula is C28H37N5O3S. The number of ether oxygens (including phenoxy) is 2. The van der Waals surface area contributed by atoms with Crippen LogP contribution in [0.2, 0.25) is 0 Å². The number of aromatic nitrogens is 3. The lowest BCUT2D eigenvalue weighted by Gasteiger charge is -2.48. The van der Waals surface area contributed by atoms with Gasteiger partial charge < -0.3 is 19.7 Å². The Bertz CT molecular complexity index is 1320. The lowest BCUT2D eigenvalue weighted by Crippen LogP contribution is -2.61. The Kier molecular flexibility index (Phi) is 6.15. The first-order valence-electron chi connectivity index (χ1n) is 12.8. The zero-order valence-electron chi connectivity index (χ0n) is 23.0. The maximum Gasteiger partial charge on any atom is 0.419 e. The van der Waals surface area contributed by atoms with Gasteiger partial charge in [-0.1, -0.05) is 23.5 Å². The van der Waals surface area contributed by atoms with Crippen molar-refractivity contribution >= 4 is 22.6 Å². The predicted molar refractivity (Wildman–Crippen MR) is 147 cm³/mol. The molecular weight excluding hydrogens is 486 g/mol. The summed E-state index contributed by atoms with van der Waals surface area (Å²) in [5.74, 6) is 0.703. The Hall–Kier alpha value is -2.91. The summed E-state index contributed by atoms with van der Waals surface area (Å²) in [5, 5.41) is 4.75. The van der Waals surface area contributed by atoms with Crippen LogP contribution in [-0.4, -0.2) is 50.4 Å². The number of imidazole rings is 1. The van der Waals surface area contributed by atoms with Crippen LogP contribution in [0.3, 0.4) is 0 Å². The van der Waals surface area contributed by atoms with Crippen molar-refractivity contribution in [2.75, 3.05) is 11.9 Å². The second-order valence-electron chi connectivity index (χ2n) is 12.5. The standard InChI is InChI=1S/C28H37N5O3S/c1-26(2,3)36-25(34)33-14-21(29-16-33)17-9-10-20-18(11-17)15-35-23-22(20)37-24(30-23)32(8)19-12-27(4,5)31-28(6,7)13-19/h9-11,14,16,19,31H,12-13,15H2,1-8H3. The summed E-state index contributed by atoms with van der Waals surface area (Å²) in [4.78, 5) is 25.1. The van der Waals surface area contributed by atoms with Crippen molar-refractivity contribution in [3.63, 3.8) is 0 Å². The van der Waals surface area contributed by atoms with E-state index in [2.05, 4.69) is 62.1 Å². The molecule has 0 aliphatic carbocycles. The van der Waals surface area contributed by atoms with Crippen molar-refractivity contribution in [2.45, 2.75) is 90.6 Å². The highest BCUT2D eigenvalue weighted by atomic mass is 32.1. The van der Waals surface area contributed by atoms with Crippen LogP contribution < -0.4 is 15.0 Å². The first kappa shape index (κ1) is 25.7. The zero-order valence-corrected chi connectivity index (χ0v) is 23.8. The first-order valence-corrected chi connectivity index (χ1v) is 13.6. The Balaban J connectivity index is 1.38. The number of fused-ring (bicyclic) bond motifs is 3. The Morgan fingerprint density at radius 2 is 1.92 bits per heavy atom. The average Bonchev–Trinajstić information content (AvgIpc) is 3.42. The number of carbonyl (C=O) groups is 1. The maximum atomic E-state index is 12.4. The highest BCUT2D eigenvalue weighted by molar-refractivity contribution is 7.19. The SMILES string of the molecule is CN(c1nc2c(s1)-c1ccc(-c3cn(C(=O)OC(C)(C)C)cn3)cc1CO2)C1CC(C)(C)NC(C)(C)C1. The highest BCUT2D eigenvalue weighted by Gasteiger charge is 2.40. The fourth-order valence-corrected chi connectivity index (χ4v) is 6.64. The zero-order chi connectivity index (χ0) is 26.8. The molecule has 0 saturated carbocycles. The van der Waals surface area contributed by atoms with Gasteiger partial charge in [0.25, 0.3) is 0 Å². The minimum atomic E-state index is -0.565. The lowest BCUT2D eigenvalue weighted by atomic mass is 9.79. The molecule has 1 aromatic carbocycles. The number of anilines is 1. The molecule has 0 bridgehead atoms. The smallest absolute Gasteiger partial charge is 0.419 e. The third-order valence-corrected chi connectivity index (χ3v) is 7.96. The number of benzene rings is 1. The van der Waals surface area contributed by atoms with E-state index in [0.717, 1.165) is 39.5 Å². The molecule has 37 heavy (non-hydrogen) atoms. The van der Waals surface area contributed by atoms with Crippen molar-refractivity contribution in [1.82, 2.24) is 19.9 Å². The van der Waals surface area contributed by atoms with Crippen molar-refractivity contribution in [1.29, 1.82) is 0 Å². The van der Waals surface area contributed by atoms with E-state index >= 15 is 0 Å². The van der Waals surface area contributed by atoms with E-state index in [0.29, 0.717) is 24.2 Å². The molecule has 3 aromatic rings. The van der Waals surface area contributed by atoms with Crippen LogP contribution in [-0.2, 0) is 11.3 Å². The molecule has 198 valence electrons. The molecule has 0 radical (unpaired) electrons. The van der Waals surface area contributed by atoms with Gasteiger partial charge in [0.15, 0.2) is 5.13 Å². The molecule has 0 amide bonds. The highest BCUT2D eigenvalue weighted by Crippen LogP contribution is 2.46. The van der Waals surface area contributed by atoms with Gasteiger partial charge in [0.2, 0.25) is 5.88 Å². The fraction of sp³-hybridized carbons (Fsp3) is 0.536. The van der Waals surface area contributed by atoms with Gasteiger partial charge in [-0.05, 0) is 72.9 Å². The molecule has 9 heteroatoms. The van der Waals surface area contributed by atoms with E-state index in [1.54, 1.807) is 17.5 Å². The van der Waals surface area contributed by atoms with Gasteiger partial charge in [-0.25, -0.2) is 14.3 Å². The van der Waals surface area contributed by atoms with Crippen molar-refractivity contribution in [2.24, 2.45) is 0 Å². The van der Waals surface area contributed by atoms with Crippen LogP contribution in [0.4, 0.5) is 9.93 Å². The van der Waals surface area contributed by atoms with Crippen molar-refractivity contribution in [3.8, 4) is 27.6 Å². The number of thiazole rings is 1. The van der Waals surface area contributed by atoms with Crippen molar-refractivity contribution in [3.05, 3.63) is 36.3 Å². The van der Waals surface area contributed by atoms with Crippen LogP contribution in [0.15, 0.2) is 30.7 Å². The normalized spacial score (nSPS) is 18.5. The van der Waals surface area contributed by atoms with Crippen LogP contribution >= 0.6 is 11.3 Å². The second kappa shape index (κ2) is 8.84. The number of nitrogens with zero attached hydrogens (tertiary/aromatic N) is 4. The van der Waals surface area contributed by atoms with Gasteiger partial charge >= 0.3 is 6.09 Å². The monoisotopic (exact) mass is 523 g/mol. The fourth-order valence-electron chi connectivity index (χ4n) is 5.54. The molecule has 2 aliphatic heterocycles. The Morgan fingerprint density at radius 1 is 1.22 bits per heavy atom. The lowest BCUT2D eigenvalue weighted by molar-refractivity contribution is 0.0536. The van der Waals surface area contributed by atoms with Gasteiger partial charge in [0, 0.05) is 41.5 Å². The molecule has 8 nitrogen and oxygen atoms in total. The summed E-state index contributed by atoms with van der Waals surface area (Å²) in [7, 11) is 2.15. The van der Waals surface area contributed by atoms with Crippen LogP contribution in [0.1, 0.15) is 66.9 Å². The molecule has 1 N–H and O–H groups in total. The number of rotatable bonds is 3. The number of piperidine rings is 1.